The molecule has 0 bridgehead atoms. The first-order valence-corrected chi connectivity index (χ1v) is 8.66. The normalized spacial score (nSPS) is 25.0. The van der Waals surface area contributed by atoms with Crippen LogP contribution in [-0.2, 0) is 0 Å². The lowest BCUT2D eigenvalue weighted by Crippen LogP contribution is -2.46. The van der Waals surface area contributed by atoms with Crippen LogP contribution in [0.1, 0.15) is 57.2 Å². The van der Waals surface area contributed by atoms with Crippen molar-refractivity contribution in [1.29, 1.82) is 0 Å². The summed E-state index contributed by atoms with van der Waals surface area (Å²) < 4.78 is 0. The molecule has 118 valence electrons. The van der Waals surface area contributed by atoms with Gasteiger partial charge in [0, 0.05) is 18.6 Å². The van der Waals surface area contributed by atoms with Crippen LogP contribution in [0.5, 0.6) is 0 Å². The second kappa shape index (κ2) is 7.95. The summed E-state index contributed by atoms with van der Waals surface area (Å²) in [5.41, 5.74) is 2.88. The monoisotopic (exact) mass is 288 g/mol. The van der Waals surface area contributed by atoms with Crippen molar-refractivity contribution in [3.05, 3.63) is 35.4 Å². The third-order valence-electron chi connectivity index (χ3n) is 5.13. The average molecular weight is 288 g/mol. The Hall–Kier alpha value is -0.860. The first kappa shape index (κ1) is 16.5. The van der Waals surface area contributed by atoms with Crippen LogP contribution >= 0.6 is 0 Å². The predicted molar refractivity (Wildman–Crippen MR) is 91.6 cm³/mol. The zero-order valence-electron chi connectivity index (χ0n) is 14.2. The molecule has 0 radical (unpaired) electrons. The highest BCUT2D eigenvalue weighted by Gasteiger charge is 2.27. The highest BCUT2D eigenvalue weighted by molar-refractivity contribution is 5.29. The molecule has 3 unspecified atom stereocenters. The molecule has 1 heterocycles. The predicted octanol–water partition coefficient (Wildman–Crippen LogP) is 4.16. The van der Waals surface area contributed by atoms with Crippen LogP contribution in [-0.4, -0.2) is 30.6 Å². The van der Waals surface area contributed by atoms with Gasteiger partial charge in [0.1, 0.15) is 0 Å². The van der Waals surface area contributed by atoms with Crippen molar-refractivity contribution in [3.63, 3.8) is 0 Å². The Kier molecular flexibility index (Phi) is 6.25. The van der Waals surface area contributed by atoms with Crippen LogP contribution in [0, 0.1) is 12.8 Å². The van der Waals surface area contributed by atoms with Gasteiger partial charge in [0.2, 0.25) is 0 Å². The van der Waals surface area contributed by atoms with Crippen LogP contribution in [0.4, 0.5) is 0 Å². The van der Waals surface area contributed by atoms with E-state index in [1.807, 2.05) is 0 Å². The van der Waals surface area contributed by atoms with E-state index in [9.17, 15) is 0 Å². The van der Waals surface area contributed by atoms with Crippen LogP contribution in [0.15, 0.2) is 24.3 Å². The Balaban J connectivity index is 2.11. The summed E-state index contributed by atoms with van der Waals surface area (Å²) in [6.07, 6.45) is 3.92. The van der Waals surface area contributed by atoms with Gasteiger partial charge in [-0.25, -0.2) is 0 Å². The number of likely N-dealkylation sites (tertiary alicyclic amines) is 1. The maximum atomic E-state index is 3.77. The molecule has 21 heavy (non-hydrogen) atoms. The summed E-state index contributed by atoms with van der Waals surface area (Å²) >= 11 is 0. The van der Waals surface area contributed by atoms with Crippen molar-refractivity contribution >= 4 is 0 Å². The van der Waals surface area contributed by atoms with E-state index in [2.05, 4.69) is 62.2 Å². The molecule has 1 aliphatic heterocycles. The summed E-state index contributed by atoms with van der Waals surface area (Å²) in [5, 5.41) is 3.77. The number of benzene rings is 1. The standard InChI is InChI=1S/C19H32N2/c1-5-12-20-19(18-11-7-6-9-16(18)3)14-21-13-8-10-15(2)17(21)4/h6-7,9,11,15,17,19-20H,5,8,10,12-14H2,1-4H3. The largest absolute Gasteiger partial charge is 0.309 e. The smallest absolute Gasteiger partial charge is 0.0452 e. The minimum absolute atomic E-state index is 0.457. The van der Waals surface area contributed by atoms with Gasteiger partial charge in [-0.05, 0) is 63.2 Å². The van der Waals surface area contributed by atoms with E-state index in [4.69, 9.17) is 0 Å². The molecule has 2 heteroatoms. The van der Waals surface area contributed by atoms with Crippen LogP contribution in [0.25, 0.3) is 0 Å². The molecule has 1 aromatic carbocycles. The molecule has 0 amide bonds. The summed E-state index contributed by atoms with van der Waals surface area (Å²) in [7, 11) is 0. The molecule has 2 nitrogen and oxygen atoms in total. The zero-order chi connectivity index (χ0) is 15.2. The maximum absolute atomic E-state index is 3.77. The average Bonchev–Trinajstić information content (AvgIpc) is 2.48. The van der Waals surface area contributed by atoms with Crippen molar-refractivity contribution in [1.82, 2.24) is 10.2 Å². The van der Waals surface area contributed by atoms with Gasteiger partial charge in [-0.3, -0.25) is 4.90 Å². The number of piperidine rings is 1. The van der Waals surface area contributed by atoms with Crippen molar-refractivity contribution in [3.8, 4) is 0 Å². The fraction of sp³-hybridized carbons (Fsp3) is 0.684. The van der Waals surface area contributed by atoms with Gasteiger partial charge in [-0.1, -0.05) is 38.1 Å². The van der Waals surface area contributed by atoms with Gasteiger partial charge in [0.05, 0.1) is 0 Å². The van der Waals surface area contributed by atoms with Crippen molar-refractivity contribution in [2.45, 2.75) is 59.0 Å². The lowest BCUT2D eigenvalue weighted by Gasteiger charge is -2.40. The Morgan fingerprint density at radius 3 is 2.76 bits per heavy atom. The van der Waals surface area contributed by atoms with Gasteiger partial charge in [0.15, 0.2) is 0 Å². The molecule has 1 fully saturated rings. The highest BCUT2D eigenvalue weighted by Crippen LogP contribution is 2.26. The van der Waals surface area contributed by atoms with E-state index in [0.29, 0.717) is 12.1 Å². The summed E-state index contributed by atoms with van der Waals surface area (Å²) in [4.78, 5) is 2.69. The molecule has 1 aliphatic rings. The summed E-state index contributed by atoms with van der Waals surface area (Å²) in [6, 6.07) is 10.00. The Morgan fingerprint density at radius 1 is 1.29 bits per heavy atom. The molecule has 1 N–H and O–H groups in total. The number of nitrogens with one attached hydrogen (secondary N) is 1. The molecule has 1 aromatic rings. The summed E-state index contributed by atoms with van der Waals surface area (Å²) in [5.74, 6) is 0.822. The third-order valence-corrected chi connectivity index (χ3v) is 5.13. The second-order valence-corrected chi connectivity index (χ2v) is 6.72. The second-order valence-electron chi connectivity index (χ2n) is 6.72. The van der Waals surface area contributed by atoms with Crippen molar-refractivity contribution < 1.29 is 0 Å². The van der Waals surface area contributed by atoms with E-state index in [0.717, 1.165) is 19.0 Å². The lowest BCUT2D eigenvalue weighted by atomic mass is 9.91. The number of rotatable bonds is 6. The fourth-order valence-corrected chi connectivity index (χ4v) is 3.48. The SMILES string of the molecule is CCCNC(CN1CCCC(C)C1C)c1ccccc1C. The van der Waals surface area contributed by atoms with Gasteiger partial charge >= 0.3 is 0 Å². The molecule has 0 aliphatic carbocycles. The number of aryl methyl sites for hydroxylation is 1. The van der Waals surface area contributed by atoms with E-state index in [-0.39, 0.29) is 0 Å². The lowest BCUT2D eigenvalue weighted by molar-refractivity contribution is 0.102. The number of hydrogen-bond donors (Lipinski definition) is 1. The van der Waals surface area contributed by atoms with Crippen molar-refractivity contribution in [2.75, 3.05) is 19.6 Å². The Morgan fingerprint density at radius 2 is 2.05 bits per heavy atom. The summed E-state index contributed by atoms with van der Waals surface area (Å²) in [6.45, 7) is 12.8. The molecule has 1 saturated heterocycles. The van der Waals surface area contributed by atoms with Crippen LogP contribution < -0.4 is 5.32 Å². The number of nitrogens with zero attached hydrogens (tertiary/aromatic N) is 1. The third kappa shape index (κ3) is 4.31. The molecule has 0 spiro atoms. The van der Waals surface area contributed by atoms with E-state index in [1.165, 1.54) is 36.9 Å². The van der Waals surface area contributed by atoms with Crippen LogP contribution in [0.3, 0.4) is 0 Å². The van der Waals surface area contributed by atoms with Gasteiger partial charge in [-0.2, -0.15) is 0 Å². The quantitative estimate of drug-likeness (QED) is 0.845. The minimum atomic E-state index is 0.457. The van der Waals surface area contributed by atoms with E-state index in [1.54, 1.807) is 0 Å². The van der Waals surface area contributed by atoms with Crippen LogP contribution in [0.2, 0.25) is 0 Å². The van der Waals surface area contributed by atoms with E-state index >= 15 is 0 Å². The fourth-order valence-electron chi connectivity index (χ4n) is 3.48. The van der Waals surface area contributed by atoms with Gasteiger partial charge in [0.25, 0.3) is 0 Å². The first-order valence-electron chi connectivity index (χ1n) is 8.66. The topological polar surface area (TPSA) is 15.3 Å². The van der Waals surface area contributed by atoms with Gasteiger partial charge in [-0.15, -0.1) is 0 Å². The molecule has 0 saturated carbocycles. The molecule has 2 rings (SSSR count). The minimum Gasteiger partial charge on any atom is -0.309 e. The maximum Gasteiger partial charge on any atom is 0.0452 e. The highest BCUT2D eigenvalue weighted by atomic mass is 15.2. The van der Waals surface area contributed by atoms with Crippen molar-refractivity contribution in [2.24, 2.45) is 5.92 Å². The molecule has 3 atom stereocenters. The first-order chi connectivity index (χ1) is 10.1. The van der Waals surface area contributed by atoms with E-state index < -0.39 is 0 Å². The zero-order valence-corrected chi connectivity index (χ0v) is 14.2. The Bertz CT molecular complexity index is 429. The number of hydrogen-bond acceptors (Lipinski definition) is 2. The molecular weight excluding hydrogens is 256 g/mol. The molecule has 0 aromatic heterocycles. The molecular formula is C19H32N2. The van der Waals surface area contributed by atoms with Gasteiger partial charge < -0.3 is 5.32 Å². The Labute approximate surface area is 130 Å².